The number of phenolic OH excluding ortho intramolecular Hbond substituents is 1. The highest BCUT2D eigenvalue weighted by Gasteiger charge is 2.56. The van der Waals surface area contributed by atoms with E-state index in [0.29, 0.717) is 11.3 Å². The molecular weight excluding hydrogens is 308 g/mol. The third-order valence-electron chi connectivity index (χ3n) is 5.28. The Morgan fingerprint density at radius 1 is 1.17 bits per heavy atom. The molecule has 6 heteroatoms. The summed E-state index contributed by atoms with van der Waals surface area (Å²) >= 11 is 0. The quantitative estimate of drug-likeness (QED) is 0.523. The molecule has 2 bridgehead atoms. The van der Waals surface area contributed by atoms with Crippen LogP contribution in [0.1, 0.15) is 18.4 Å². The van der Waals surface area contributed by atoms with E-state index in [1.165, 1.54) is 19.4 Å². The van der Waals surface area contributed by atoms with Gasteiger partial charge < -0.3 is 9.84 Å². The molecule has 1 N–H and O–H groups in total. The van der Waals surface area contributed by atoms with E-state index in [1.807, 2.05) is 0 Å². The number of ether oxygens (including phenoxy) is 1. The first-order valence-electron chi connectivity index (χ1n) is 8.07. The molecule has 4 atom stereocenters. The molecule has 2 fully saturated rings. The number of phenols is 1. The summed E-state index contributed by atoms with van der Waals surface area (Å²) in [6.07, 6.45) is 7.38. The summed E-state index contributed by atoms with van der Waals surface area (Å²) in [5, 5.41) is 14.9. The summed E-state index contributed by atoms with van der Waals surface area (Å²) in [5.41, 5.74) is 0.394. The monoisotopic (exact) mass is 326 g/mol. The van der Waals surface area contributed by atoms with Crippen molar-refractivity contribution in [3.05, 3.63) is 35.9 Å². The third kappa shape index (κ3) is 2.13. The summed E-state index contributed by atoms with van der Waals surface area (Å²) < 4.78 is 5.11. The van der Waals surface area contributed by atoms with Gasteiger partial charge in [-0.2, -0.15) is 10.1 Å². The van der Waals surface area contributed by atoms with E-state index in [4.69, 9.17) is 4.74 Å². The molecule has 24 heavy (non-hydrogen) atoms. The second-order valence-corrected chi connectivity index (χ2v) is 6.50. The number of rotatable bonds is 3. The van der Waals surface area contributed by atoms with E-state index >= 15 is 0 Å². The maximum atomic E-state index is 12.6. The number of hydrogen-bond donors (Lipinski definition) is 1. The number of carbonyl (C=O) groups is 2. The molecule has 6 nitrogen and oxygen atoms in total. The predicted octanol–water partition coefficient (Wildman–Crippen LogP) is 1.93. The fourth-order valence-electron chi connectivity index (χ4n) is 4.06. The van der Waals surface area contributed by atoms with Crippen molar-refractivity contribution in [2.75, 3.05) is 7.11 Å². The summed E-state index contributed by atoms with van der Waals surface area (Å²) in [6, 6.07) is 4.71. The van der Waals surface area contributed by atoms with Gasteiger partial charge in [-0.1, -0.05) is 12.2 Å². The van der Waals surface area contributed by atoms with E-state index in [1.54, 1.807) is 12.1 Å². The molecule has 124 valence electrons. The van der Waals surface area contributed by atoms with Crippen LogP contribution in [0.2, 0.25) is 0 Å². The van der Waals surface area contributed by atoms with Crippen molar-refractivity contribution < 1.29 is 19.4 Å². The van der Waals surface area contributed by atoms with E-state index in [9.17, 15) is 14.7 Å². The molecule has 1 aromatic rings. The Bertz CT molecular complexity index is 738. The first-order chi connectivity index (χ1) is 11.6. The Kier molecular flexibility index (Phi) is 3.40. The Hall–Kier alpha value is -2.63. The number of methoxy groups -OCH3 is 1. The van der Waals surface area contributed by atoms with Crippen molar-refractivity contribution in [3.63, 3.8) is 0 Å². The number of benzene rings is 1. The highest BCUT2D eigenvalue weighted by atomic mass is 16.5. The van der Waals surface area contributed by atoms with Crippen LogP contribution >= 0.6 is 0 Å². The number of hydrazone groups is 1. The number of allylic oxidation sites excluding steroid dienone is 2. The molecule has 4 aliphatic rings. The number of imide groups is 1. The average molecular weight is 326 g/mol. The standard InChI is InChI=1S/C18H18N2O4/c1-24-13-6-7-14(21)12(8-13)9-19-20-17(22)15-10-2-3-11(5-4-10)16(15)18(20)23/h2-3,6-11,15-16,21H,4-5H2,1H3/b19-9-/t10-,11-,15-,16+/m0/s1. The Labute approximate surface area is 139 Å². The fourth-order valence-corrected chi connectivity index (χ4v) is 4.06. The van der Waals surface area contributed by atoms with Gasteiger partial charge in [-0.05, 0) is 42.9 Å². The minimum Gasteiger partial charge on any atom is -0.507 e. The van der Waals surface area contributed by atoms with Crippen LogP contribution in [0.25, 0.3) is 0 Å². The second-order valence-electron chi connectivity index (χ2n) is 6.50. The van der Waals surface area contributed by atoms with Gasteiger partial charge in [0.2, 0.25) is 0 Å². The van der Waals surface area contributed by atoms with Crippen molar-refractivity contribution in [2.24, 2.45) is 28.8 Å². The van der Waals surface area contributed by atoms with E-state index in [0.717, 1.165) is 17.9 Å². The Balaban J connectivity index is 1.62. The molecule has 3 aliphatic carbocycles. The fraction of sp³-hybridized carbons (Fsp3) is 0.389. The van der Waals surface area contributed by atoms with Gasteiger partial charge in [0.1, 0.15) is 11.5 Å². The van der Waals surface area contributed by atoms with Gasteiger partial charge in [0.25, 0.3) is 11.8 Å². The number of carbonyl (C=O) groups excluding carboxylic acids is 2. The maximum Gasteiger partial charge on any atom is 0.254 e. The predicted molar refractivity (Wildman–Crippen MR) is 86.4 cm³/mol. The van der Waals surface area contributed by atoms with Crippen LogP contribution in [0.3, 0.4) is 0 Å². The van der Waals surface area contributed by atoms with Gasteiger partial charge in [-0.15, -0.1) is 0 Å². The zero-order valence-electron chi connectivity index (χ0n) is 13.3. The van der Waals surface area contributed by atoms with Crippen molar-refractivity contribution in [3.8, 4) is 11.5 Å². The normalized spacial score (nSPS) is 31.1. The summed E-state index contributed by atoms with van der Waals surface area (Å²) in [5.74, 6) is -0.175. The van der Waals surface area contributed by atoms with Gasteiger partial charge in [-0.3, -0.25) is 9.59 Å². The van der Waals surface area contributed by atoms with Gasteiger partial charge in [-0.25, -0.2) is 0 Å². The first kappa shape index (κ1) is 14.9. The lowest BCUT2D eigenvalue weighted by Gasteiger charge is -2.37. The minimum absolute atomic E-state index is 0.0118. The van der Waals surface area contributed by atoms with Crippen LogP contribution < -0.4 is 4.74 Å². The van der Waals surface area contributed by atoms with E-state index in [-0.39, 0.29) is 41.2 Å². The molecule has 2 amide bonds. The van der Waals surface area contributed by atoms with Crippen LogP contribution in [-0.2, 0) is 9.59 Å². The molecule has 1 saturated heterocycles. The number of aromatic hydroxyl groups is 1. The lowest BCUT2D eigenvalue weighted by atomic mass is 9.63. The summed E-state index contributed by atoms with van der Waals surface area (Å²) in [7, 11) is 1.52. The van der Waals surface area contributed by atoms with E-state index < -0.39 is 0 Å². The lowest BCUT2D eigenvalue weighted by molar-refractivity contribution is -0.140. The summed E-state index contributed by atoms with van der Waals surface area (Å²) in [4.78, 5) is 25.3. The second kappa shape index (κ2) is 5.47. The number of amides is 2. The van der Waals surface area contributed by atoms with Crippen LogP contribution in [0.5, 0.6) is 11.5 Å². The summed E-state index contributed by atoms with van der Waals surface area (Å²) in [6.45, 7) is 0. The largest absolute Gasteiger partial charge is 0.507 e. The van der Waals surface area contributed by atoms with Crippen LogP contribution in [0.4, 0.5) is 0 Å². The first-order valence-corrected chi connectivity index (χ1v) is 8.07. The Morgan fingerprint density at radius 3 is 2.33 bits per heavy atom. The Morgan fingerprint density at radius 2 is 1.79 bits per heavy atom. The molecule has 1 aromatic carbocycles. The van der Waals surface area contributed by atoms with Crippen LogP contribution in [-0.4, -0.2) is 35.3 Å². The van der Waals surface area contributed by atoms with Gasteiger partial charge >= 0.3 is 0 Å². The topological polar surface area (TPSA) is 79.2 Å². The molecule has 0 unspecified atom stereocenters. The molecule has 1 aliphatic heterocycles. The maximum absolute atomic E-state index is 12.6. The number of hydrogen-bond acceptors (Lipinski definition) is 5. The smallest absolute Gasteiger partial charge is 0.254 e. The van der Waals surface area contributed by atoms with E-state index in [2.05, 4.69) is 17.3 Å². The van der Waals surface area contributed by atoms with Crippen molar-refractivity contribution in [1.82, 2.24) is 5.01 Å². The van der Waals surface area contributed by atoms with Crippen LogP contribution in [0, 0.1) is 23.7 Å². The van der Waals surface area contributed by atoms with Crippen LogP contribution in [0.15, 0.2) is 35.5 Å². The molecule has 0 radical (unpaired) electrons. The molecule has 1 saturated carbocycles. The molecule has 0 aromatic heterocycles. The minimum atomic E-state index is -0.280. The van der Waals surface area contributed by atoms with Crippen molar-refractivity contribution in [2.45, 2.75) is 12.8 Å². The SMILES string of the molecule is COc1ccc(O)c(/C=N\N2C(=O)[C@@H]3[C@H](C2=O)[C@H]2C=C[C@H]3CC2)c1. The van der Waals surface area contributed by atoms with Gasteiger partial charge in [0.15, 0.2) is 0 Å². The molecule has 0 spiro atoms. The zero-order chi connectivity index (χ0) is 16.8. The molecule has 1 heterocycles. The molecule has 5 rings (SSSR count). The van der Waals surface area contributed by atoms with Crippen molar-refractivity contribution >= 4 is 18.0 Å². The zero-order valence-corrected chi connectivity index (χ0v) is 13.3. The number of fused-ring (bicyclic) bond motifs is 1. The highest BCUT2D eigenvalue weighted by Crippen LogP contribution is 2.49. The lowest BCUT2D eigenvalue weighted by Crippen LogP contribution is -2.38. The third-order valence-corrected chi connectivity index (χ3v) is 5.28. The highest BCUT2D eigenvalue weighted by molar-refractivity contribution is 6.06. The van der Waals surface area contributed by atoms with Gasteiger partial charge in [0, 0.05) is 5.56 Å². The van der Waals surface area contributed by atoms with Crippen molar-refractivity contribution in [1.29, 1.82) is 0 Å². The number of nitrogens with zero attached hydrogens (tertiary/aromatic N) is 2. The average Bonchev–Trinajstić information content (AvgIpc) is 2.88. The van der Waals surface area contributed by atoms with Gasteiger partial charge in [0.05, 0.1) is 25.2 Å². The molecular formula is C18H18N2O4.